The highest BCUT2D eigenvalue weighted by molar-refractivity contribution is 5.80. The van der Waals surface area contributed by atoms with Gasteiger partial charge in [-0.2, -0.15) is 4.52 Å². The van der Waals surface area contributed by atoms with E-state index in [1.54, 1.807) is 4.52 Å². The molecule has 134 valence electrons. The van der Waals surface area contributed by atoms with Crippen LogP contribution in [0.3, 0.4) is 0 Å². The molecular weight excluding hydrogens is 320 g/mol. The molecule has 0 bridgehead atoms. The Labute approximate surface area is 146 Å². The maximum atomic E-state index is 12.5. The molecule has 2 aromatic heterocycles. The van der Waals surface area contributed by atoms with Gasteiger partial charge < -0.3 is 10.2 Å². The number of rotatable bonds is 4. The molecule has 0 saturated carbocycles. The van der Waals surface area contributed by atoms with E-state index in [4.69, 9.17) is 0 Å². The van der Waals surface area contributed by atoms with Gasteiger partial charge in [0, 0.05) is 25.2 Å². The van der Waals surface area contributed by atoms with E-state index < -0.39 is 0 Å². The van der Waals surface area contributed by atoms with E-state index in [1.165, 1.54) is 12.8 Å². The highest BCUT2D eigenvalue weighted by Gasteiger charge is 2.35. The number of nitrogens with one attached hydrogen (secondary N) is 3. The van der Waals surface area contributed by atoms with E-state index in [2.05, 4.69) is 36.4 Å². The summed E-state index contributed by atoms with van der Waals surface area (Å²) in [6.07, 6.45) is 2.40. The van der Waals surface area contributed by atoms with Gasteiger partial charge in [-0.25, -0.2) is 0 Å². The minimum Gasteiger partial charge on any atom is -0.355 e. The van der Waals surface area contributed by atoms with Gasteiger partial charge in [0.1, 0.15) is 5.82 Å². The molecule has 3 N–H and O–H groups in total. The van der Waals surface area contributed by atoms with Gasteiger partial charge in [-0.1, -0.05) is 0 Å². The van der Waals surface area contributed by atoms with Gasteiger partial charge in [0.25, 0.3) is 0 Å². The Morgan fingerprint density at radius 3 is 2.64 bits per heavy atom. The lowest BCUT2D eigenvalue weighted by atomic mass is 9.96. The zero-order chi connectivity index (χ0) is 17.4. The Morgan fingerprint density at radius 1 is 1.20 bits per heavy atom. The monoisotopic (exact) mass is 344 g/mol. The van der Waals surface area contributed by atoms with Crippen molar-refractivity contribution in [1.82, 2.24) is 36.0 Å². The van der Waals surface area contributed by atoms with Crippen LogP contribution in [0.1, 0.15) is 32.5 Å². The molecule has 2 aliphatic rings. The van der Waals surface area contributed by atoms with Crippen molar-refractivity contribution >= 4 is 17.4 Å². The second kappa shape index (κ2) is 6.57. The molecule has 0 aromatic carbocycles. The fraction of sp³-hybridized carbons (Fsp3) is 0.625. The maximum Gasteiger partial charge on any atom is 0.226 e. The summed E-state index contributed by atoms with van der Waals surface area (Å²) in [5, 5.41) is 16.0. The molecule has 2 aromatic rings. The Morgan fingerprint density at radius 2 is 1.92 bits per heavy atom. The molecule has 4 rings (SSSR count). The van der Waals surface area contributed by atoms with Crippen molar-refractivity contribution in [2.24, 2.45) is 5.92 Å². The van der Waals surface area contributed by atoms with E-state index >= 15 is 0 Å². The molecule has 2 atom stereocenters. The Balaban J connectivity index is 1.49. The van der Waals surface area contributed by atoms with Crippen LogP contribution in [0.5, 0.6) is 0 Å². The van der Waals surface area contributed by atoms with Crippen LogP contribution in [0.4, 0.5) is 5.82 Å². The third kappa shape index (κ3) is 3.05. The summed E-state index contributed by atoms with van der Waals surface area (Å²) in [6.45, 7) is 6.37. The molecule has 4 heterocycles. The number of fused-ring (bicyclic) bond motifs is 1. The quantitative estimate of drug-likeness (QED) is 0.709. The number of hydrogen-bond acceptors (Lipinski definition) is 7. The summed E-state index contributed by atoms with van der Waals surface area (Å²) in [7, 11) is 0. The maximum absolute atomic E-state index is 12.5. The standard InChI is InChI=1S/C16H24N8O/c1-10-15(11(2)19-18-10)16(25)17-9-14-21-20-12-5-6-13(22-24(12)14)23-7-3-4-8-23/h5-6,10-11,15,18-19H,3-4,7-9H2,1-2H3,(H,17,25). The van der Waals surface area contributed by atoms with Crippen molar-refractivity contribution in [3.05, 3.63) is 18.0 Å². The lowest BCUT2D eigenvalue weighted by Crippen LogP contribution is -2.40. The largest absolute Gasteiger partial charge is 0.355 e. The highest BCUT2D eigenvalue weighted by atomic mass is 16.2. The van der Waals surface area contributed by atoms with Gasteiger partial charge in [-0.05, 0) is 38.8 Å². The third-order valence-corrected chi connectivity index (χ3v) is 5.08. The predicted molar refractivity (Wildman–Crippen MR) is 92.8 cm³/mol. The van der Waals surface area contributed by atoms with Crippen LogP contribution < -0.4 is 21.1 Å². The number of aromatic nitrogens is 4. The van der Waals surface area contributed by atoms with E-state index in [9.17, 15) is 4.79 Å². The zero-order valence-electron chi connectivity index (χ0n) is 14.6. The molecule has 2 aliphatic heterocycles. The molecule has 0 spiro atoms. The number of carbonyl (C=O) groups excluding carboxylic acids is 1. The Kier molecular flexibility index (Phi) is 4.26. The van der Waals surface area contributed by atoms with Crippen molar-refractivity contribution < 1.29 is 4.79 Å². The first-order valence-corrected chi connectivity index (χ1v) is 8.88. The van der Waals surface area contributed by atoms with E-state index in [1.807, 2.05) is 26.0 Å². The summed E-state index contributed by atoms with van der Waals surface area (Å²) < 4.78 is 1.73. The van der Waals surface area contributed by atoms with Gasteiger partial charge in [-0.15, -0.1) is 15.3 Å². The molecule has 0 radical (unpaired) electrons. The first-order valence-electron chi connectivity index (χ1n) is 8.88. The van der Waals surface area contributed by atoms with Crippen LogP contribution in [0.15, 0.2) is 12.1 Å². The zero-order valence-corrected chi connectivity index (χ0v) is 14.6. The van der Waals surface area contributed by atoms with Crippen molar-refractivity contribution in [2.75, 3.05) is 18.0 Å². The molecule has 9 nitrogen and oxygen atoms in total. The second-order valence-electron chi connectivity index (χ2n) is 6.88. The van der Waals surface area contributed by atoms with Crippen LogP contribution in [-0.4, -0.2) is 50.9 Å². The number of carbonyl (C=O) groups is 1. The van der Waals surface area contributed by atoms with Crippen molar-refractivity contribution in [3.8, 4) is 0 Å². The summed E-state index contributed by atoms with van der Waals surface area (Å²) in [5.74, 6) is 1.46. The summed E-state index contributed by atoms with van der Waals surface area (Å²) in [6, 6.07) is 4.08. The molecule has 0 aliphatic carbocycles. The normalized spacial score (nSPS) is 26.5. The molecule has 2 fully saturated rings. The van der Waals surface area contributed by atoms with Gasteiger partial charge >= 0.3 is 0 Å². The minimum atomic E-state index is -0.118. The van der Waals surface area contributed by atoms with E-state index in [0.717, 1.165) is 18.9 Å². The van der Waals surface area contributed by atoms with Crippen molar-refractivity contribution in [2.45, 2.75) is 45.3 Å². The van der Waals surface area contributed by atoms with Crippen LogP contribution >= 0.6 is 0 Å². The SMILES string of the molecule is CC1NNC(C)C1C(=O)NCc1nnc2ccc(N3CCCC3)nn12. The smallest absolute Gasteiger partial charge is 0.226 e. The molecule has 1 amide bonds. The van der Waals surface area contributed by atoms with Gasteiger partial charge in [0.05, 0.1) is 12.5 Å². The molecule has 2 saturated heterocycles. The van der Waals surface area contributed by atoms with Crippen LogP contribution in [0.25, 0.3) is 5.65 Å². The first-order chi connectivity index (χ1) is 12.1. The average molecular weight is 344 g/mol. The van der Waals surface area contributed by atoms with Crippen LogP contribution in [0, 0.1) is 5.92 Å². The van der Waals surface area contributed by atoms with Gasteiger partial charge in [0.15, 0.2) is 11.5 Å². The number of anilines is 1. The van der Waals surface area contributed by atoms with Gasteiger partial charge in [0.2, 0.25) is 5.91 Å². The second-order valence-corrected chi connectivity index (χ2v) is 6.88. The van der Waals surface area contributed by atoms with Crippen molar-refractivity contribution in [1.29, 1.82) is 0 Å². The van der Waals surface area contributed by atoms with E-state index in [-0.39, 0.29) is 23.9 Å². The Bertz CT molecular complexity index is 759. The van der Waals surface area contributed by atoms with Crippen LogP contribution in [-0.2, 0) is 11.3 Å². The number of nitrogens with zero attached hydrogens (tertiary/aromatic N) is 5. The number of amides is 1. The Hall–Kier alpha value is -2.26. The van der Waals surface area contributed by atoms with Crippen molar-refractivity contribution in [3.63, 3.8) is 0 Å². The first kappa shape index (κ1) is 16.2. The van der Waals surface area contributed by atoms with E-state index in [0.29, 0.717) is 18.0 Å². The fourth-order valence-electron chi connectivity index (χ4n) is 3.66. The summed E-state index contributed by atoms with van der Waals surface area (Å²) in [5.41, 5.74) is 6.89. The van der Waals surface area contributed by atoms with Gasteiger partial charge in [-0.3, -0.25) is 15.6 Å². The van der Waals surface area contributed by atoms with Crippen LogP contribution in [0.2, 0.25) is 0 Å². The highest BCUT2D eigenvalue weighted by Crippen LogP contribution is 2.18. The molecule has 25 heavy (non-hydrogen) atoms. The lowest BCUT2D eigenvalue weighted by molar-refractivity contribution is -0.125. The molecular formula is C16H24N8O. The molecule has 2 unspecified atom stereocenters. The topological polar surface area (TPSA) is 99.5 Å². The summed E-state index contributed by atoms with van der Waals surface area (Å²) in [4.78, 5) is 14.8. The third-order valence-electron chi connectivity index (χ3n) is 5.08. The lowest BCUT2D eigenvalue weighted by Gasteiger charge is -2.17. The minimum absolute atomic E-state index is 0.00458. The number of hydrogen-bond donors (Lipinski definition) is 3. The number of hydrazine groups is 1. The summed E-state index contributed by atoms with van der Waals surface area (Å²) >= 11 is 0. The predicted octanol–water partition coefficient (Wildman–Crippen LogP) is -0.158. The fourth-order valence-corrected chi connectivity index (χ4v) is 3.66. The molecule has 9 heteroatoms. The average Bonchev–Trinajstić information content (AvgIpc) is 3.33.